The van der Waals surface area contributed by atoms with Crippen LogP contribution in [0.4, 0.5) is 0 Å². The Bertz CT molecular complexity index is 1080. The summed E-state index contributed by atoms with van der Waals surface area (Å²) in [7, 11) is 2.10. The largest absolute Gasteiger partial charge is 0.333 e. The second-order valence-electron chi connectivity index (χ2n) is 6.82. The molecule has 0 saturated carbocycles. The molecule has 1 aromatic carbocycles. The molecule has 27 heavy (non-hydrogen) atoms. The first-order valence-corrected chi connectivity index (χ1v) is 9.82. The van der Waals surface area contributed by atoms with Crippen LogP contribution in [0.3, 0.4) is 0 Å². The molecule has 0 amide bonds. The minimum absolute atomic E-state index is 0.146. The molecule has 1 atom stereocenters. The molecule has 5 rings (SSSR count). The van der Waals surface area contributed by atoms with Crippen molar-refractivity contribution in [1.82, 2.24) is 30.1 Å². The average molecular weight is 380 g/mol. The number of aromatic nitrogens is 4. The van der Waals surface area contributed by atoms with Gasteiger partial charge in [-0.2, -0.15) is 10.1 Å². The van der Waals surface area contributed by atoms with Crippen molar-refractivity contribution < 1.29 is 4.52 Å². The monoisotopic (exact) mass is 380 g/mol. The molecule has 1 aliphatic heterocycles. The van der Waals surface area contributed by atoms with Gasteiger partial charge in [-0.25, -0.2) is 4.68 Å². The number of likely N-dealkylation sites (N-methyl/N-ethyl adjacent to an activating group) is 1. The Labute approximate surface area is 160 Å². The van der Waals surface area contributed by atoms with E-state index < -0.39 is 0 Å². The molecular weight excluding hydrogens is 360 g/mol. The first-order valence-electron chi connectivity index (χ1n) is 9.00. The van der Waals surface area contributed by atoms with E-state index in [-0.39, 0.29) is 6.04 Å². The highest BCUT2D eigenvalue weighted by atomic mass is 32.1. The summed E-state index contributed by atoms with van der Waals surface area (Å²) in [4.78, 5) is 9.00. The zero-order valence-electron chi connectivity index (χ0n) is 15.2. The van der Waals surface area contributed by atoms with Crippen LogP contribution in [0, 0.1) is 6.92 Å². The fourth-order valence-corrected chi connectivity index (χ4v) is 4.57. The van der Waals surface area contributed by atoms with E-state index >= 15 is 0 Å². The van der Waals surface area contributed by atoms with Crippen LogP contribution < -0.4 is 5.32 Å². The number of piperazine rings is 1. The average Bonchev–Trinajstić information content (AvgIpc) is 3.39. The minimum Gasteiger partial charge on any atom is -0.333 e. The molecule has 4 aromatic rings. The number of aryl methyl sites for hydroxylation is 1. The van der Waals surface area contributed by atoms with Crippen molar-refractivity contribution in [3.63, 3.8) is 0 Å². The lowest BCUT2D eigenvalue weighted by Gasteiger charge is -2.30. The number of nitrogens with one attached hydrogen (secondary N) is 1. The van der Waals surface area contributed by atoms with Gasteiger partial charge in [-0.15, -0.1) is 11.3 Å². The number of rotatable bonds is 3. The summed E-state index contributed by atoms with van der Waals surface area (Å²) in [6.45, 7) is 4.83. The van der Waals surface area contributed by atoms with Crippen molar-refractivity contribution >= 4 is 21.6 Å². The van der Waals surface area contributed by atoms with Gasteiger partial charge >= 0.3 is 0 Å². The number of benzene rings is 1. The third kappa shape index (κ3) is 2.86. The van der Waals surface area contributed by atoms with Crippen LogP contribution in [0.15, 0.2) is 40.9 Å². The van der Waals surface area contributed by atoms with Gasteiger partial charge < -0.3 is 9.84 Å². The molecule has 0 bridgehead atoms. The Morgan fingerprint density at radius 3 is 2.93 bits per heavy atom. The van der Waals surface area contributed by atoms with E-state index in [2.05, 4.69) is 50.7 Å². The van der Waals surface area contributed by atoms with Gasteiger partial charge in [-0.05, 0) is 32.2 Å². The quantitative estimate of drug-likeness (QED) is 0.589. The van der Waals surface area contributed by atoms with Crippen molar-refractivity contribution in [2.75, 3.05) is 26.7 Å². The number of para-hydroxylation sites is 1. The normalized spacial score (nSPS) is 18.4. The maximum absolute atomic E-state index is 5.60. The van der Waals surface area contributed by atoms with Crippen molar-refractivity contribution in [3.8, 4) is 16.5 Å². The van der Waals surface area contributed by atoms with Crippen molar-refractivity contribution in [2.24, 2.45) is 0 Å². The molecule has 0 spiro atoms. The third-order valence-electron chi connectivity index (χ3n) is 5.01. The molecular formula is C19H20N6OS. The summed E-state index contributed by atoms with van der Waals surface area (Å²) in [5.74, 6) is 1.31. The molecule has 1 fully saturated rings. The molecule has 1 aliphatic rings. The number of thiophene rings is 1. The maximum Gasteiger partial charge on any atom is 0.268 e. The van der Waals surface area contributed by atoms with Crippen LogP contribution in [0.2, 0.25) is 0 Å². The van der Waals surface area contributed by atoms with Gasteiger partial charge in [0.15, 0.2) is 5.82 Å². The highest BCUT2D eigenvalue weighted by Gasteiger charge is 2.26. The molecule has 0 radical (unpaired) electrons. The Morgan fingerprint density at radius 1 is 1.26 bits per heavy atom. The number of fused-ring (bicyclic) bond motifs is 1. The number of hydrogen-bond donors (Lipinski definition) is 1. The lowest BCUT2D eigenvalue weighted by Crippen LogP contribution is -2.44. The smallest absolute Gasteiger partial charge is 0.268 e. The summed E-state index contributed by atoms with van der Waals surface area (Å²) in [6, 6.07) is 12.4. The van der Waals surface area contributed by atoms with Crippen LogP contribution in [0.1, 0.15) is 17.6 Å². The zero-order chi connectivity index (χ0) is 18.4. The molecule has 3 aromatic heterocycles. The van der Waals surface area contributed by atoms with E-state index in [9.17, 15) is 0 Å². The number of hydrogen-bond acceptors (Lipinski definition) is 7. The SMILES string of the molecule is Cc1nn(-c2ccccc2)c2sc(-c3nc(C4CNCCN4C)no3)cc12. The second-order valence-corrected chi connectivity index (χ2v) is 7.85. The highest BCUT2D eigenvalue weighted by molar-refractivity contribution is 7.21. The van der Waals surface area contributed by atoms with Crippen LogP contribution in [0.5, 0.6) is 0 Å². The van der Waals surface area contributed by atoms with Gasteiger partial charge in [0, 0.05) is 25.0 Å². The van der Waals surface area contributed by atoms with E-state index in [1.165, 1.54) is 0 Å². The Morgan fingerprint density at radius 2 is 2.11 bits per heavy atom. The lowest BCUT2D eigenvalue weighted by molar-refractivity contribution is 0.190. The van der Waals surface area contributed by atoms with Gasteiger partial charge in [-0.3, -0.25) is 4.90 Å². The molecule has 1 unspecified atom stereocenters. The van der Waals surface area contributed by atoms with E-state index in [0.717, 1.165) is 51.9 Å². The van der Waals surface area contributed by atoms with Crippen molar-refractivity contribution in [3.05, 3.63) is 47.9 Å². The predicted octanol–water partition coefficient (Wildman–Crippen LogP) is 3.02. The lowest BCUT2D eigenvalue weighted by atomic mass is 10.2. The Kier molecular flexibility index (Phi) is 4.04. The molecule has 1 N–H and O–H groups in total. The third-order valence-corrected chi connectivity index (χ3v) is 6.11. The minimum atomic E-state index is 0.146. The van der Waals surface area contributed by atoms with Crippen molar-refractivity contribution in [1.29, 1.82) is 0 Å². The van der Waals surface area contributed by atoms with Crippen LogP contribution in [0.25, 0.3) is 26.7 Å². The first kappa shape index (κ1) is 16.6. The van der Waals surface area contributed by atoms with E-state index in [1.807, 2.05) is 29.8 Å². The Hall–Kier alpha value is -2.55. The zero-order valence-corrected chi connectivity index (χ0v) is 16.0. The van der Waals surface area contributed by atoms with Crippen molar-refractivity contribution in [2.45, 2.75) is 13.0 Å². The van der Waals surface area contributed by atoms with E-state index in [1.54, 1.807) is 11.3 Å². The molecule has 1 saturated heterocycles. The molecule has 4 heterocycles. The van der Waals surface area contributed by atoms with E-state index in [4.69, 9.17) is 4.52 Å². The summed E-state index contributed by atoms with van der Waals surface area (Å²) in [5, 5.41) is 13.4. The van der Waals surface area contributed by atoms with Gasteiger partial charge in [-0.1, -0.05) is 23.4 Å². The van der Waals surface area contributed by atoms with Gasteiger partial charge in [0.25, 0.3) is 5.89 Å². The maximum atomic E-state index is 5.60. The fraction of sp³-hybridized carbons (Fsp3) is 0.316. The Balaban J connectivity index is 1.53. The summed E-state index contributed by atoms with van der Waals surface area (Å²) in [5.41, 5.74) is 2.04. The molecule has 8 heteroatoms. The summed E-state index contributed by atoms with van der Waals surface area (Å²) in [6.07, 6.45) is 0. The fourth-order valence-electron chi connectivity index (χ4n) is 3.46. The first-order chi connectivity index (χ1) is 13.2. The predicted molar refractivity (Wildman–Crippen MR) is 105 cm³/mol. The van der Waals surface area contributed by atoms with Crippen LogP contribution >= 0.6 is 11.3 Å². The molecule has 0 aliphatic carbocycles. The summed E-state index contributed by atoms with van der Waals surface area (Å²) < 4.78 is 7.58. The van der Waals surface area contributed by atoms with E-state index in [0.29, 0.717) is 5.89 Å². The van der Waals surface area contributed by atoms with Gasteiger partial charge in [0.05, 0.1) is 22.3 Å². The van der Waals surface area contributed by atoms with Gasteiger partial charge in [0.1, 0.15) is 4.83 Å². The number of nitrogens with zero attached hydrogens (tertiary/aromatic N) is 5. The van der Waals surface area contributed by atoms with Crippen LogP contribution in [-0.4, -0.2) is 51.5 Å². The molecule has 138 valence electrons. The van der Waals surface area contributed by atoms with Crippen LogP contribution in [-0.2, 0) is 0 Å². The topological polar surface area (TPSA) is 72.0 Å². The van der Waals surface area contributed by atoms with Gasteiger partial charge in [0.2, 0.25) is 0 Å². The standard InChI is InChI=1S/C19H20N6OS/c1-12-14-10-16(27-19(14)25(22-12)13-6-4-3-5-7-13)18-21-17(23-26-18)15-11-20-8-9-24(15)2/h3-7,10,15,20H,8-9,11H2,1-2H3. The molecule has 7 nitrogen and oxygen atoms in total. The second kappa shape index (κ2) is 6.56. The highest BCUT2D eigenvalue weighted by Crippen LogP contribution is 2.36. The summed E-state index contributed by atoms with van der Waals surface area (Å²) >= 11 is 1.63.